The van der Waals surface area contributed by atoms with Crippen molar-refractivity contribution in [2.24, 2.45) is 0 Å². The van der Waals surface area contributed by atoms with Gasteiger partial charge in [-0.1, -0.05) is 38.1 Å². The quantitative estimate of drug-likeness (QED) is 0.498. The first-order valence-corrected chi connectivity index (χ1v) is 8.87. The van der Waals surface area contributed by atoms with E-state index in [2.05, 4.69) is 19.6 Å². The average Bonchev–Trinajstić information content (AvgIpc) is 2.39. The summed E-state index contributed by atoms with van der Waals surface area (Å²) in [5.74, 6) is 0.981. The van der Waals surface area contributed by atoms with E-state index in [9.17, 15) is 0 Å². The molecule has 0 heterocycles. The van der Waals surface area contributed by atoms with Gasteiger partial charge in [-0.15, -0.1) is 0 Å². The van der Waals surface area contributed by atoms with E-state index in [0.717, 1.165) is 30.6 Å². The average molecular weight is 264 g/mol. The van der Waals surface area contributed by atoms with Crippen LogP contribution in [0.15, 0.2) is 30.8 Å². The lowest BCUT2D eigenvalue weighted by Gasteiger charge is -2.17. The van der Waals surface area contributed by atoms with Crippen LogP contribution in [0.5, 0.6) is 5.75 Å². The van der Waals surface area contributed by atoms with Gasteiger partial charge in [0, 0.05) is 13.2 Å². The summed E-state index contributed by atoms with van der Waals surface area (Å²) in [5, 5.41) is 0. The van der Waals surface area contributed by atoms with Crippen LogP contribution in [0.2, 0.25) is 12.1 Å². The molecule has 0 spiro atoms. The number of hydrogen-bond donors (Lipinski definition) is 0. The summed E-state index contributed by atoms with van der Waals surface area (Å²) in [6.07, 6.45) is 3.04. The van der Waals surface area contributed by atoms with E-state index in [-0.39, 0.29) is 0 Å². The molecule has 100 valence electrons. The van der Waals surface area contributed by atoms with Gasteiger partial charge in [0.25, 0.3) is 0 Å². The molecular weight excluding hydrogens is 240 g/mol. The maximum atomic E-state index is 6.16. The van der Waals surface area contributed by atoms with Crippen LogP contribution in [0.25, 0.3) is 6.08 Å². The van der Waals surface area contributed by atoms with Crippen molar-refractivity contribution in [1.29, 1.82) is 0 Å². The Bertz CT molecular complexity index is 352. The van der Waals surface area contributed by atoms with Crippen LogP contribution >= 0.6 is 0 Å². The topological polar surface area (TPSA) is 18.5 Å². The Balaban J connectivity index is 2.54. The summed E-state index contributed by atoms with van der Waals surface area (Å²) in [6.45, 7) is 9.65. The monoisotopic (exact) mass is 264 g/mol. The van der Waals surface area contributed by atoms with Crippen molar-refractivity contribution in [2.75, 3.05) is 13.2 Å². The third-order valence-corrected chi connectivity index (χ3v) is 5.50. The minimum atomic E-state index is -1.18. The predicted octanol–water partition coefficient (Wildman–Crippen LogP) is 3.88. The van der Waals surface area contributed by atoms with Crippen LogP contribution in [0.4, 0.5) is 0 Å². The molecule has 0 saturated carbocycles. The number of rotatable bonds is 9. The second-order valence-corrected chi connectivity index (χ2v) is 6.93. The Morgan fingerprint density at radius 1 is 1.28 bits per heavy atom. The van der Waals surface area contributed by atoms with Gasteiger partial charge in [0.05, 0.1) is 0 Å². The molecule has 0 bridgehead atoms. The fraction of sp³-hybridized carbons (Fsp3) is 0.467. The molecule has 0 amide bonds. The van der Waals surface area contributed by atoms with Gasteiger partial charge in [0.15, 0.2) is 0 Å². The van der Waals surface area contributed by atoms with Crippen LogP contribution < -0.4 is 4.43 Å². The molecule has 3 heteroatoms. The highest BCUT2D eigenvalue weighted by atomic mass is 28.3. The zero-order valence-electron chi connectivity index (χ0n) is 11.5. The van der Waals surface area contributed by atoms with Crippen LogP contribution in [0.1, 0.15) is 25.8 Å². The van der Waals surface area contributed by atoms with E-state index < -0.39 is 9.04 Å². The fourth-order valence-electron chi connectivity index (χ4n) is 1.85. The number of ether oxygens (including phenoxy) is 1. The molecule has 0 N–H and O–H groups in total. The molecule has 0 aliphatic carbocycles. The van der Waals surface area contributed by atoms with Crippen LogP contribution in [-0.2, 0) is 4.74 Å². The van der Waals surface area contributed by atoms with Crippen molar-refractivity contribution in [3.05, 3.63) is 36.4 Å². The molecule has 1 unspecified atom stereocenters. The molecule has 0 aliphatic heterocycles. The van der Waals surface area contributed by atoms with Gasteiger partial charge in [-0.25, -0.2) is 0 Å². The summed E-state index contributed by atoms with van der Waals surface area (Å²) >= 11 is 0. The first-order valence-electron chi connectivity index (χ1n) is 6.77. The van der Waals surface area contributed by atoms with Gasteiger partial charge < -0.3 is 9.16 Å². The van der Waals surface area contributed by atoms with Gasteiger partial charge in [-0.3, -0.25) is 0 Å². The fourth-order valence-corrected chi connectivity index (χ4v) is 3.98. The van der Waals surface area contributed by atoms with Gasteiger partial charge in [-0.05, 0) is 36.7 Å². The van der Waals surface area contributed by atoms with Crippen molar-refractivity contribution >= 4 is 15.1 Å². The SMILES string of the molecule is C=Cc1cccc(O[SiH](CCC)CCOCC)c1. The Morgan fingerprint density at radius 2 is 2.11 bits per heavy atom. The predicted molar refractivity (Wildman–Crippen MR) is 80.7 cm³/mol. The van der Waals surface area contributed by atoms with Gasteiger partial charge in [0.2, 0.25) is 9.04 Å². The zero-order valence-corrected chi connectivity index (χ0v) is 12.7. The van der Waals surface area contributed by atoms with Crippen LogP contribution in [-0.4, -0.2) is 22.3 Å². The molecule has 0 saturated heterocycles. The van der Waals surface area contributed by atoms with E-state index in [1.807, 2.05) is 31.2 Å². The smallest absolute Gasteiger partial charge is 0.237 e. The Labute approximate surface area is 112 Å². The third-order valence-electron chi connectivity index (χ3n) is 2.80. The summed E-state index contributed by atoms with van der Waals surface area (Å²) in [4.78, 5) is 0. The largest absolute Gasteiger partial charge is 0.546 e. The molecule has 1 aromatic carbocycles. The highest BCUT2D eigenvalue weighted by molar-refractivity contribution is 6.52. The molecule has 0 aromatic heterocycles. The van der Waals surface area contributed by atoms with Gasteiger partial charge in [0.1, 0.15) is 5.75 Å². The maximum Gasteiger partial charge on any atom is 0.237 e. The molecule has 0 fully saturated rings. The summed E-state index contributed by atoms with van der Waals surface area (Å²) in [6, 6.07) is 10.4. The first-order chi connectivity index (χ1) is 8.80. The van der Waals surface area contributed by atoms with E-state index in [1.54, 1.807) is 0 Å². The minimum absolute atomic E-state index is 0.791. The summed E-state index contributed by atoms with van der Waals surface area (Å²) in [5.41, 5.74) is 1.11. The molecule has 18 heavy (non-hydrogen) atoms. The molecule has 0 aliphatic rings. The van der Waals surface area contributed by atoms with Crippen molar-refractivity contribution < 1.29 is 9.16 Å². The Hall–Kier alpha value is -1.06. The third kappa shape index (κ3) is 5.51. The lowest BCUT2D eigenvalue weighted by Crippen LogP contribution is -2.23. The highest BCUT2D eigenvalue weighted by Gasteiger charge is 2.12. The normalized spacial score (nSPS) is 12.1. The first kappa shape index (κ1) is 15.0. The van der Waals surface area contributed by atoms with Crippen molar-refractivity contribution in [1.82, 2.24) is 0 Å². The molecule has 0 radical (unpaired) electrons. The zero-order chi connectivity index (χ0) is 13.2. The second kappa shape index (κ2) is 8.95. The van der Waals surface area contributed by atoms with E-state index >= 15 is 0 Å². The lowest BCUT2D eigenvalue weighted by atomic mass is 10.2. The minimum Gasteiger partial charge on any atom is -0.546 e. The summed E-state index contributed by atoms with van der Waals surface area (Å²) < 4.78 is 11.6. The van der Waals surface area contributed by atoms with Gasteiger partial charge in [-0.2, -0.15) is 0 Å². The van der Waals surface area contributed by atoms with Crippen LogP contribution in [0, 0.1) is 0 Å². The van der Waals surface area contributed by atoms with Crippen molar-refractivity contribution in [3.63, 3.8) is 0 Å². The molecule has 1 aromatic rings. The molecule has 1 rings (SSSR count). The highest BCUT2D eigenvalue weighted by Crippen LogP contribution is 2.17. The van der Waals surface area contributed by atoms with Gasteiger partial charge >= 0.3 is 0 Å². The van der Waals surface area contributed by atoms with E-state index in [1.165, 1.54) is 12.5 Å². The Kier molecular flexibility index (Phi) is 7.45. The van der Waals surface area contributed by atoms with Crippen molar-refractivity contribution in [3.8, 4) is 5.75 Å². The van der Waals surface area contributed by atoms with Crippen molar-refractivity contribution in [2.45, 2.75) is 32.4 Å². The van der Waals surface area contributed by atoms with Crippen LogP contribution in [0.3, 0.4) is 0 Å². The standard InChI is InChI=1S/C15H24O2Si/c1-4-11-18(12-10-16-6-3)17-15-9-7-8-14(5-2)13-15/h5,7-9,13,18H,2,4,6,10-12H2,1,3H3. The maximum absolute atomic E-state index is 6.16. The molecule has 2 nitrogen and oxygen atoms in total. The molecule has 1 atom stereocenters. The second-order valence-electron chi connectivity index (χ2n) is 4.29. The number of hydrogen-bond acceptors (Lipinski definition) is 2. The van der Waals surface area contributed by atoms with E-state index in [0.29, 0.717) is 0 Å². The van der Waals surface area contributed by atoms with E-state index in [4.69, 9.17) is 9.16 Å². The number of benzene rings is 1. The Morgan fingerprint density at radius 3 is 2.78 bits per heavy atom. The molecular formula is C15H24O2Si. The lowest BCUT2D eigenvalue weighted by molar-refractivity contribution is 0.160. The summed E-state index contributed by atoms with van der Waals surface area (Å²) in [7, 11) is -1.18.